The number of rotatable bonds is 18. The van der Waals surface area contributed by atoms with Crippen LogP contribution in [0.25, 0.3) is 0 Å². The summed E-state index contributed by atoms with van der Waals surface area (Å²) in [7, 11) is 5.87. The Hall–Kier alpha value is -2.32. The molecule has 0 saturated heterocycles. The molecule has 2 radical (unpaired) electrons. The average Bonchev–Trinajstić information content (AvgIpc) is 3.02. The monoisotopic (exact) mass is 538 g/mol. The SMILES string of the molecule is CCCC[N+](CCCC)(CCCC)CCCC.[B]CCCC(c1ccccc1)(c1ccccc1)c1ccccc1. The number of unbranched alkanes of at least 4 members (excludes halogenated alkanes) is 4. The van der Waals surface area contributed by atoms with Gasteiger partial charge in [0.2, 0.25) is 0 Å². The first-order valence-electron chi connectivity index (χ1n) is 16.3. The number of benzene rings is 3. The molecule has 40 heavy (non-hydrogen) atoms. The molecule has 0 spiro atoms. The molecule has 0 unspecified atom stereocenters. The van der Waals surface area contributed by atoms with Crippen LogP contribution in [0.15, 0.2) is 91.0 Å². The number of nitrogens with zero attached hydrogens (tertiary/aromatic N) is 1. The van der Waals surface area contributed by atoms with Gasteiger partial charge in [0.15, 0.2) is 0 Å². The Morgan fingerprint density at radius 3 is 1.02 bits per heavy atom. The highest BCUT2D eigenvalue weighted by Gasteiger charge is 2.35. The lowest BCUT2D eigenvalue weighted by molar-refractivity contribution is -0.929. The van der Waals surface area contributed by atoms with Crippen LogP contribution in [-0.2, 0) is 5.41 Å². The summed E-state index contributed by atoms with van der Waals surface area (Å²) >= 11 is 0. The second kappa shape index (κ2) is 19.7. The molecule has 0 N–H and O–H groups in total. The summed E-state index contributed by atoms with van der Waals surface area (Å²) in [6.45, 7) is 15.0. The van der Waals surface area contributed by atoms with Crippen molar-refractivity contribution in [1.29, 1.82) is 0 Å². The molecular weight excluding hydrogens is 481 g/mol. The molecular formula is C38H57BN+. The highest BCUT2D eigenvalue weighted by molar-refractivity contribution is 6.08. The van der Waals surface area contributed by atoms with Gasteiger partial charge in [-0.2, -0.15) is 0 Å². The maximum absolute atomic E-state index is 5.87. The van der Waals surface area contributed by atoms with Gasteiger partial charge in [-0.3, -0.25) is 0 Å². The van der Waals surface area contributed by atoms with Gasteiger partial charge in [-0.05, 0) is 48.8 Å². The smallest absolute Gasteiger partial charge is 0.0786 e. The summed E-state index contributed by atoms with van der Waals surface area (Å²) < 4.78 is 1.42. The summed E-state index contributed by atoms with van der Waals surface area (Å²) in [5.41, 5.74) is 3.82. The Bertz CT molecular complexity index is 852. The predicted octanol–water partition coefficient (Wildman–Crippen LogP) is 10.4. The standard InChI is InChI=1S/C22H21B.C16H36N/c23-18-10-17-22(19-11-4-1-5-12-19,20-13-6-2-7-14-20)21-15-8-3-9-16-21;1-5-9-13-17(14-10-6-2,15-11-7-3)16-12-8-4/h1-9,11-16H,10,17-18H2;5-16H2,1-4H3/q;+1. The van der Waals surface area contributed by atoms with Crippen LogP contribution in [0, 0.1) is 0 Å². The molecule has 0 aliphatic heterocycles. The molecule has 0 aliphatic carbocycles. The molecule has 0 fully saturated rings. The minimum absolute atomic E-state index is 0.150. The van der Waals surface area contributed by atoms with Crippen molar-refractivity contribution in [2.75, 3.05) is 26.2 Å². The van der Waals surface area contributed by atoms with Crippen LogP contribution in [0.5, 0.6) is 0 Å². The van der Waals surface area contributed by atoms with Gasteiger partial charge in [0, 0.05) is 5.41 Å². The van der Waals surface area contributed by atoms with E-state index in [1.54, 1.807) is 0 Å². The van der Waals surface area contributed by atoms with E-state index in [4.69, 9.17) is 7.85 Å². The van der Waals surface area contributed by atoms with Crippen molar-refractivity contribution >= 4 is 7.85 Å². The number of quaternary nitrogens is 1. The molecule has 0 bridgehead atoms. The van der Waals surface area contributed by atoms with E-state index in [2.05, 4.69) is 119 Å². The summed E-state index contributed by atoms with van der Waals surface area (Å²) in [4.78, 5) is 0. The summed E-state index contributed by atoms with van der Waals surface area (Å²) in [5, 5.41) is 0. The third-order valence-electron chi connectivity index (χ3n) is 8.50. The molecule has 0 saturated carbocycles. The Labute approximate surface area is 249 Å². The third-order valence-corrected chi connectivity index (χ3v) is 8.50. The van der Waals surface area contributed by atoms with Crippen LogP contribution in [0.1, 0.15) is 109 Å². The molecule has 0 amide bonds. The van der Waals surface area contributed by atoms with Gasteiger partial charge in [0.1, 0.15) is 0 Å². The first-order chi connectivity index (χ1) is 19.6. The van der Waals surface area contributed by atoms with Crippen LogP contribution in [-0.4, -0.2) is 38.5 Å². The van der Waals surface area contributed by atoms with Gasteiger partial charge in [-0.25, -0.2) is 0 Å². The van der Waals surface area contributed by atoms with Crippen molar-refractivity contribution in [1.82, 2.24) is 0 Å². The molecule has 0 atom stereocenters. The van der Waals surface area contributed by atoms with E-state index in [0.717, 1.165) is 12.8 Å². The van der Waals surface area contributed by atoms with E-state index in [-0.39, 0.29) is 5.41 Å². The van der Waals surface area contributed by atoms with Gasteiger partial charge in [0.05, 0.1) is 34.0 Å². The largest absolute Gasteiger partial charge is 0.324 e. The fraction of sp³-hybridized carbons (Fsp3) is 0.526. The van der Waals surface area contributed by atoms with Gasteiger partial charge in [-0.15, -0.1) is 0 Å². The molecule has 1 nitrogen and oxygen atoms in total. The zero-order valence-corrected chi connectivity index (χ0v) is 26.3. The van der Waals surface area contributed by atoms with E-state index in [9.17, 15) is 0 Å². The van der Waals surface area contributed by atoms with Crippen molar-refractivity contribution in [3.05, 3.63) is 108 Å². The lowest BCUT2D eigenvalue weighted by atomic mass is 9.66. The van der Waals surface area contributed by atoms with Gasteiger partial charge in [0.25, 0.3) is 0 Å². The topological polar surface area (TPSA) is 0 Å². The van der Waals surface area contributed by atoms with Crippen LogP contribution >= 0.6 is 0 Å². The zero-order chi connectivity index (χ0) is 28.9. The molecule has 3 aromatic carbocycles. The zero-order valence-electron chi connectivity index (χ0n) is 26.3. The molecule has 2 heteroatoms. The van der Waals surface area contributed by atoms with Crippen LogP contribution in [0.4, 0.5) is 0 Å². The van der Waals surface area contributed by atoms with Crippen molar-refractivity contribution in [2.45, 2.75) is 104 Å². The van der Waals surface area contributed by atoms with Gasteiger partial charge in [-0.1, -0.05) is 157 Å². The van der Waals surface area contributed by atoms with E-state index in [1.165, 1.54) is 98.7 Å². The van der Waals surface area contributed by atoms with E-state index in [0.29, 0.717) is 6.32 Å². The minimum Gasteiger partial charge on any atom is -0.324 e. The van der Waals surface area contributed by atoms with E-state index < -0.39 is 0 Å². The lowest BCUT2D eigenvalue weighted by Gasteiger charge is -2.39. The minimum atomic E-state index is -0.150. The molecule has 0 heterocycles. The molecule has 0 aliphatic rings. The highest BCUT2D eigenvalue weighted by Crippen LogP contribution is 2.43. The third kappa shape index (κ3) is 10.3. The molecule has 3 aromatic rings. The Morgan fingerprint density at radius 1 is 0.475 bits per heavy atom. The molecule has 0 aromatic heterocycles. The highest BCUT2D eigenvalue weighted by atomic mass is 15.3. The summed E-state index contributed by atoms with van der Waals surface area (Å²) in [5.74, 6) is 0. The van der Waals surface area contributed by atoms with E-state index >= 15 is 0 Å². The van der Waals surface area contributed by atoms with Crippen molar-refractivity contribution in [3.8, 4) is 0 Å². The average molecular weight is 539 g/mol. The quantitative estimate of drug-likeness (QED) is 0.0858. The van der Waals surface area contributed by atoms with Crippen LogP contribution < -0.4 is 0 Å². The maximum atomic E-state index is 5.87. The normalized spacial score (nSPS) is 11.6. The Balaban J connectivity index is 0.000000296. The van der Waals surface area contributed by atoms with Crippen molar-refractivity contribution < 1.29 is 4.48 Å². The predicted molar refractivity (Wildman–Crippen MR) is 178 cm³/mol. The first kappa shape index (κ1) is 33.9. The van der Waals surface area contributed by atoms with Crippen LogP contribution in [0.2, 0.25) is 6.32 Å². The maximum Gasteiger partial charge on any atom is 0.0786 e. The Morgan fingerprint density at radius 2 is 0.775 bits per heavy atom. The fourth-order valence-electron chi connectivity index (χ4n) is 6.11. The second-order valence-electron chi connectivity index (χ2n) is 11.5. The van der Waals surface area contributed by atoms with Gasteiger partial charge < -0.3 is 4.48 Å². The number of hydrogen-bond donors (Lipinski definition) is 0. The molecule has 216 valence electrons. The fourth-order valence-corrected chi connectivity index (χ4v) is 6.11. The summed E-state index contributed by atoms with van der Waals surface area (Å²) in [6.07, 6.45) is 13.8. The van der Waals surface area contributed by atoms with Crippen LogP contribution in [0.3, 0.4) is 0 Å². The lowest BCUT2D eigenvalue weighted by Crippen LogP contribution is -2.50. The van der Waals surface area contributed by atoms with Crippen molar-refractivity contribution in [3.63, 3.8) is 0 Å². The summed E-state index contributed by atoms with van der Waals surface area (Å²) in [6, 6.07) is 32.4. The first-order valence-corrected chi connectivity index (χ1v) is 16.3. The van der Waals surface area contributed by atoms with Gasteiger partial charge >= 0.3 is 0 Å². The van der Waals surface area contributed by atoms with Crippen molar-refractivity contribution in [2.24, 2.45) is 0 Å². The molecule has 3 rings (SSSR count). The van der Waals surface area contributed by atoms with E-state index in [1.807, 2.05) is 0 Å². The second-order valence-corrected chi connectivity index (χ2v) is 11.5. The number of hydrogen-bond acceptors (Lipinski definition) is 0. The Kier molecular flexibility index (Phi) is 16.7.